The summed E-state index contributed by atoms with van der Waals surface area (Å²) in [5.74, 6) is 0.795. The van der Waals surface area contributed by atoms with Crippen molar-refractivity contribution in [3.05, 3.63) is 48.0 Å². The molecular formula is C16H17NO4. The Morgan fingerprint density at radius 2 is 1.57 bits per heavy atom. The molecule has 0 aliphatic heterocycles. The van der Waals surface area contributed by atoms with E-state index in [1.165, 1.54) is 24.1 Å². The number of amides is 1. The first-order valence-electron chi connectivity index (χ1n) is 6.36. The van der Waals surface area contributed by atoms with Crippen LogP contribution >= 0.6 is 0 Å². The van der Waals surface area contributed by atoms with Crippen molar-refractivity contribution in [2.45, 2.75) is 0 Å². The van der Waals surface area contributed by atoms with E-state index >= 15 is 0 Å². The summed E-state index contributed by atoms with van der Waals surface area (Å²) in [7, 11) is 4.73. The first-order chi connectivity index (χ1) is 10.1. The van der Waals surface area contributed by atoms with Crippen LogP contribution in [0.15, 0.2) is 42.5 Å². The SMILES string of the molecule is COc1ccc(N(C)C(=O)c2ccc(OC)cc2O)cc1. The summed E-state index contributed by atoms with van der Waals surface area (Å²) in [4.78, 5) is 13.9. The van der Waals surface area contributed by atoms with Gasteiger partial charge in [0.05, 0.1) is 19.8 Å². The number of methoxy groups -OCH3 is 2. The highest BCUT2D eigenvalue weighted by atomic mass is 16.5. The fourth-order valence-electron chi connectivity index (χ4n) is 1.92. The van der Waals surface area contributed by atoms with E-state index in [4.69, 9.17) is 9.47 Å². The van der Waals surface area contributed by atoms with Crippen LogP contribution in [-0.2, 0) is 0 Å². The van der Waals surface area contributed by atoms with E-state index in [2.05, 4.69) is 0 Å². The van der Waals surface area contributed by atoms with Crippen LogP contribution in [0.1, 0.15) is 10.4 Å². The van der Waals surface area contributed by atoms with E-state index in [9.17, 15) is 9.90 Å². The first kappa shape index (κ1) is 14.7. The molecule has 2 aromatic rings. The van der Waals surface area contributed by atoms with Crippen molar-refractivity contribution in [3.63, 3.8) is 0 Å². The molecule has 2 aromatic carbocycles. The molecule has 0 bridgehead atoms. The van der Waals surface area contributed by atoms with Crippen molar-refractivity contribution in [2.75, 3.05) is 26.2 Å². The third kappa shape index (κ3) is 3.08. The molecule has 110 valence electrons. The fourth-order valence-corrected chi connectivity index (χ4v) is 1.92. The van der Waals surface area contributed by atoms with Crippen molar-refractivity contribution in [3.8, 4) is 17.2 Å². The van der Waals surface area contributed by atoms with Crippen LogP contribution in [0, 0.1) is 0 Å². The largest absolute Gasteiger partial charge is 0.507 e. The maximum atomic E-state index is 12.4. The Hall–Kier alpha value is -2.69. The summed E-state index contributed by atoms with van der Waals surface area (Å²) in [6.45, 7) is 0. The van der Waals surface area contributed by atoms with Crippen LogP contribution in [0.25, 0.3) is 0 Å². The van der Waals surface area contributed by atoms with Gasteiger partial charge in [0.2, 0.25) is 0 Å². The molecule has 5 nitrogen and oxygen atoms in total. The van der Waals surface area contributed by atoms with Gasteiger partial charge >= 0.3 is 0 Å². The van der Waals surface area contributed by atoms with Gasteiger partial charge in [0.1, 0.15) is 17.2 Å². The van der Waals surface area contributed by atoms with Crippen LogP contribution < -0.4 is 14.4 Å². The average molecular weight is 287 g/mol. The molecule has 0 atom stereocenters. The highest BCUT2D eigenvalue weighted by molar-refractivity contribution is 6.07. The molecule has 0 fully saturated rings. The van der Waals surface area contributed by atoms with Gasteiger partial charge in [-0.05, 0) is 36.4 Å². The van der Waals surface area contributed by atoms with Gasteiger partial charge in [0.25, 0.3) is 5.91 Å². The molecule has 0 aliphatic carbocycles. The van der Waals surface area contributed by atoms with E-state index in [1.807, 2.05) is 0 Å². The maximum Gasteiger partial charge on any atom is 0.261 e. The lowest BCUT2D eigenvalue weighted by Crippen LogP contribution is -2.26. The normalized spacial score (nSPS) is 10.0. The Morgan fingerprint density at radius 1 is 1.00 bits per heavy atom. The van der Waals surface area contributed by atoms with Gasteiger partial charge in [0.15, 0.2) is 0 Å². The van der Waals surface area contributed by atoms with Gasteiger partial charge in [-0.3, -0.25) is 4.79 Å². The van der Waals surface area contributed by atoms with Gasteiger partial charge in [-0.25, -0.2) is 0 Å². The van der Waals surface area contributed by atoms with Gasteiger partial charge < -0.3 is 19.5 Å². The molecule has 0 saturated carbocycles. The number of hydrogen-bond donors (Lipinski definition) is 1. The monoisotopic (exact) mass is 287 g/mol. The number of phenolic OH excluding ortho intramolecular Hbond substituents is 1. The molecule has 1 amide bonds. The number of benzene rings is 2. The minimum atomic E-state index is -0.305. The lowest BCUT2D eigenvalue weighted by atomic mass is 10.1. The highest BCUT2D eigenvalue weighted by Gasteiger charge is 2.17. The molecule has 0 heterocycles. The van der Waals surface area contributed by atoms with Gasteiger partial charge in [0, 0.05) is 18.8 Å². The van der Waals surface area contributed by atoms with Crippen LogP contribution in [0.3, 0.4) is 0 Å². The Bertz CT molecular complexity index is 637. The molecule has 1 N–H and O–H groups in total. The Kier molecular flexibility index (Phi) is 4.33. The van der Waals surface area contributed by atoms with Crippen LogP contribution in [0.5, 0.6) is 17.2 Å². The molecule has 21 heavy (non-hydrogen) atoms. The number of ether oxygens (including phenoxy) is 2. The zero-order chi connectivity index (χ0) is 15.4. The molecule has 0 aromatic heterocycles. The number of carbonyl (C=O) groups excluding carboxylic acids is 1. The minimum Gasteiger partial charge on any atom is -0.507 e. The summed E-state index contributed by atoms with van der Waals surface area (Å²) >= 11 is 0. The van der Waals surface area contributed by atoms with Gasteiger partial charge in [-0.15, -0.1) is 0 Å². The fraction of sp³-hybridized carbons (Fsp3) is 0.188. The number of anilines is 1. The zero-order valence-electron chi connectivity index (χ0n) is 12.2. The molecule has 0 spiro atoms. The number of hydrogen-bond acceptors (Lipinski definition) is 4. The van der Waals surface area contributed by atoms with E-state index in [-0.39, 0.29) is 17.2 Å². The molecule has 0 radical (unpaired) electrons. The predicted octanol–water partition coefficient (Wildman–Crippen LogP) is 2.69. The van der Waals surface area contributed by atoms with Gasteiger partial charge in [-0.1, -0.05) is 0 Å². The quantitative estimate of drug-likeness (QED) is 0.939. The van der Waals surface area contributed by atoms with Crippen molar-refractivity contribution in [1.82, 2.24) is 0 Å². The van der Waals surface area contributed by atoms with E-state index < -0.39 is 0 Å². The second-order valence-electron chi connectivity index (χ2n) is 4.45. The van der Waals surface area contributed by atoms with Crippen LogP contribution in [0.2, 0.25) is 0 Å². The summed E-state index contributed by atoms with van der Waals surface area (Å²) in [6.07, 6.45) is 0. The standard InChI is InChI=1S/C16H17NO4/c1-17(11-4-6-12(20-2)7-5-11)16(19)14-9-8-13(21-3)10-15(14)18/h4-10,18H,1-3H3. The predicted molar refractivity (Wildman–Crippen MR) is 80.4 cm³/mol. The molecule has 0 saturated heterocycles. The first-order valence-corrected chi connectivity index (χ1v) is 6.36. The van der Waals surface area contributed by atoms with Crippen molar-refractivity contribution >= 4 is 11.6 Å². The Morgan fingerprint density at radius 3 is 2.10 bits per heavy atom. The topological polar surface area (TPSA) is 59.0 Å². The molecule has 5 heteroatoms. The van der Waals surface area contributed by atoms with E-state index in [0.717, 1.165) is 0 Å². The van der Waals surface area contributed by atoms with Crippen molar-refractivity contribution in [1.29, 1.82) is 0 Å². The summed E-state index contributed by atoms with van der Waals surface area (Å²) < 4.78 is 10.1. The number of nitrogens with zero attached hydrogens (tertiary/aromatic N) is 1. The van der Waals surface area contributed by atoms with Crippen LogP contribution in [0.4, 0.5) is 5.69 Å². The zero-order valence-corrected chi connectivity index (χ0v) is 12.2. The third-order valence-electron chi connectivity index (χ3n) is 3.20. The summed E-state index contributed by atoms with van der Waals surface area (Å²) in [5, 5.41) is 9.92. The summed E-state index contributed by atoms with van der Waals surface area (Å²) in [5.41, 5.74) is 0.921. The number of carbonyl (C=O) groups is 1. The third-order valence-corrected chi connectivity index (χ3v) is 3.20. The van der Waals surface area contributed by atoms with Gasteiger partial charge in [-0.2, -0.15) is 0 Å². The number of aromatic hydroxyl groups is 1. The summed E-state index contributed by atoms with van der Waals surface area (Å²) in [6, 6.07) is 11.7. The Balaban J connectivity index is 2.25. The average Bonchev–Trinajstić information content (AvgIpc) is 2.53. The second kappa shape index (κ2) is 6.17. The maximum absolute atomic E-state index is 12.4. The van der Waals surface area contributed by atoms with Crippen molar-refractivity contribution in [2.24, 2.45) is 0 Å². The molecule has 0 aliphatic rings. The molecule has 0 unspecified atom stereocenters. The molecule has 2 rings (SSSR count). The van der Waals surface area contributed by atoms with Crippen molar-refractivity contribution < 1.29 is 19.4 Å². The molecular weight excluding hydrogens is 270 g/mol. The van der Waals surface area contributed by atoms with E-state index in [0.29, 0.717) is 17.2 Å². The smallest absolute Gasteiger partial charge is 0.261 e. The number of phenols is 1. The van der Waals surface area contributed by atoms with Crippen LogP contribution in [-0.4, -0.2) is 32.3 Å². The Labute approximate surface area is 123 Å². The lowest BCUT2D eigenvalue weighted by molar-refractivity contribution is 0.0990. The second-order valence-corrected chi connectivity index (χ2v) is 4.45. The van der Waals surface area contributed by atoms with E-state index in [1.54, 1.807) is 44.5 Å². The highest BCUT2D eigenvalue weighted by Crippen LogP contribution is 2.26. The number of rotatable bonds is 4. The lowest BCUT2D eigenvalue weighted by Gasteiger charge is -2.18. The minimum absolute atomic E-state index is 0.111.